The molecule has 0 saturated heterocycles. The number of hydrogen-bond donors (Lipinski definition) is 1. The molecule has 2 N–H and O–H groups in total. The molecular formula is C18H17N3O3. The number of methoxy groups -OCH3 is 2. The monoisotopic (exact) mass is 323 g/mol. The minimum atomic E-state index is -0.270. The van der Waals surface area contributed by atoms with Crippen molar-refractivity contribution in [2.45, 2.75) is 0 Å². The van der Waals surface area contributed by atoms with E-state index >= 15 is 0 Å². The van der Waals surface area contributed by atoms with E-state index in [4.69, 9.17) is 15.2 Å². The maximum absolute atomic E-state index is 12.6. The second-order valence-electron chi connectivity index (χ2n) is 5.11. The van der Waals surface area contributed by atoms with E-state index in [0.717, 1.165) is 11.3 Å². The molecule has 3 rings (SSSR count). The number of hydrogen-bond acceptors (Lipinski definition) is 5. The first kappa shape index (κ1) is 15.6. The Balaban J connectivity index is 1.87. The Labute approximate surface area is 139 Å². The van der Waals surface area contributed by atoms with Crippen molar-refractivity contribution in [3.8, 4) is 11.5 Å². The number of amides is 1. The zero-order valence-corrected chi connectivity index (χ0v) is 13.4. The van der Waals surface area contributed by atoms with Gasteiger partial charge in [-0.1, -0.05) is 12.1 Å². The lowest BCUT2D eigenvalue weighted by atomic mass is 10.2. The Hall–Kier alpha value is -3.28. The number of anilines is 1. The lowest BCUT2D eigenvalue weighted by Gasteiger charge is -2.15. The first-order chi connectivity index (χ1) is 11.6. The summed E-state index contributed by atoms with van der Waals surface area (Å²) in [5.41, 5.74) is 7.69. The van der Waals surface area contributed by atoms with Gasteiger partial charge in [0.15, 0.2) is 0 Å². The van der Waals surface area contributed by atoms with E-state index in [0.29, 0.717) is 11.4 Å². The average Bonchev–Trinajstić information content (AvgIpc) is 2.89. The average molecular weight is 323 g/mol. The normalized spacial score (nSPS) is 15.6. The number of nitrogens with two attached hydrogens (primary N) is 1. The number of ether oxygens (including phenoxy) is 2. The van der Waals surface area contributed by atoms with Gasteiger partial charge in [-0.15, -0.1) is 0 Å². The predicted molar refractivity (Wildman–Crippen MR) is 93.1 cm³/mol. The minimum Gasteiger partial charge on any atom is -0.497 e. The molecular weight excluding hydrogens is 306 g/mol. The van der Waals surface area contributed by atoms with Crippen LogP contribution in [0.3, 0.4) is 0 Å². The molecule has 0 aromatic heterocycles. The van der Waals surface area contributed by atoms with Crippen LogP contribution in [0.15, 0.2) is 59.2 Å². The van der Waals surface area contributed by atoms with E-state index in [2.05, 4.69) is 4.99 Å². The number of carbonyl (C=O) groups excluding carboxylic acids is 1. The molecule has 24 heavy (non-hydrogen) atoms. The van der Waals surface area contributed by atoms with Gasteiger partial charge in [0.2, 0.25) is 5.96 Å². The third-order valence-electron chi connectivity index (χ3n) is 3.64. The van der Waals surface area contributed by atoms with E-state index in [1.165, 1.54) is 4.90 Å². The molecule has 0 aliphatic carbocycles. The second kappa shape index (κ2) is 6.45. The summed E-state index contributed by atoms with van der Waals surface area (Å²) in [5.74, 6) is 1.33. The van der Waals surface area contributed by atoms with E-state index in [9.17, 15) is 4.79 Å². The largest absolute Gasteiger partial charge is 0.497 e. The van der Waals surface area contributed by atoms with Gasteiger partial charge in [-0.2, -0.15) is 0 Å². The Kier molecular flexibility index (Phi) is 4.20. The van der Waals surface area contributed by atoms with Gasteiger partial charge in [-0.25, -0.2) is 9.89 Å². The molecule has 1 heterocycles. The molecule has 2 aromatic rings. The topological polar surface area (TPSA) is 77.2 Å². The van der Waals surface area contributed by atoms with Gasteiger partial charge in [0.1, 0.15) is 17.2 Å². The van der Waals surface area contributed by atoms with Crippen molar-refractivity contribution in [2.24, 2.45) is 10.7 Å². The summed E-state index contributed by atoms with van der Waals surface area (Å²) in [4.78, 5) is 18.2. The number of aliphatic imine (C=N–C) groups is 1. The summed E-state index contributed by atoms with van der Waals surface area (Å²) in [6.07, 6.45) is 1.69. The molecule has 0 spiro atoms. The zero-order valence-electron chi connectivity index (χ0n) is 13.4. The van der Waals surface area contributed by atoms with Crippen LogP contribution in [0.2, 0.25) is 0 Å². The van der Waals surface area contributed by atoms with Gasteiger partial charge in [-0.05, 0) is 48.0 Å². The van der Waals surface area contributed by atoms with Gasteiger partial charge < -0.3 is 15.2 Å². The molecule has 2 aromatic carbocycles. The van der Waals surface area contributed by atoms with Crippen molar-refractivity contribution in [2.75, 3.05) is 19.1 Å². The fourth-order valence-electron chi connectivity index (χ4n) is 2.37. The highest BCUT2D eigenvalue weighted by Gasteiger charge is 2.29. The molecule has 1 aliphatic rings. The number of benzene rings is 2. The summed E-state index contributed by atoms with van der Waals surface area (Å²) in [5, 5.41) is 0. The summed E-state index contributed by atoms with van der Waals surface area (Å²) in [6.45, 7) is 0. The van der Waals surface area contributed by atoms with Crippen molar-refractivity contribution in [3.63, 3.8) is 0 Å². The predicted octanol–water partition coefficient (Wildman–Crippen LogP) is 2.41. The SMILES string of the molecule is COc1ccc(/C=C2\N=C(N)N(c3ccc(OC)cc3)C2=O)cc1. The molecule has 0 radical (unpaired) electrons. The van der Waals surface area contributed by atoms with Crippen molar-refractivity contribution in [1.29, 1.82) is 0 Å². The van der Waals surface area contributed by atoms with E-state index in [1.54, 1.807) is 44.6 Å². The summed E-state index contributed by atoms with van der Waals surface area (Å²) in [7, 11) is 3.19. The highest BCUT2D eigenvalue weighted by atomic mass is 16.5. The Bertz CT molecular complexity index is 808. The number of guanidine groups is 1. The van der Waals surface area contributed by atoms with E-state index < -0.39 is 0 Å². The highest BCUT2D eigenvalue weighted by molar-refractivity contribution is 6.27. The lowest BCUT2D eigenvalue weighted by Crippen LogP contribution is -2.37. The van der Waals surface area contributed by atoms with Crippen LogP contribution < -0.4 is 20.1 Å². The van der Waals surface area contributed by atoms with Crippen LogP contribution in [0.25, 0.3) is 6.08 Å². The van der Waals surface area contributed by atoms with Gasteiger partial charge in [-0.3, -0.25) is 4.79 Å². The molecule has 6 heteroatoms. The zero-order chi connectivity index (χ0) is 17.1. The van der Waals surface area contributed by atoms with Crippen LogP contribution in [-0.4, -0.2) is 26.1 Å². The Morgan fingerprint density at radius 2 is 1.50 bits per heavy atom. The van der Waals surface area contributed by atoms with Crippen LogP contribution in [-0.2, 0) is 4.79 Å². The van der Waals surface area contributed by atoms with E-state index in [-0.39, 0.29) is 17.6 Å². The molecule has 6 nitrogen and oxygen atoms in total. The molecule has 1 amide bonds. The van der Waals surface area contributed by atoms with Crippen molar-refractivity contribution in [1.82, 2.24) is 0 Å². The van der Waals surface area contributed by atoms with Crippen LogP contribution in [0, 0.1) is 0 Å². The van der Waals surface area contributed by atoms with Gasteiger partial charge in [0.05, 0.1) is 19.9 Å². The van der Waals surface area contributed by atoms with Crippen LogP contribution in [0.4, 0.5) is 5.69 Å². The minimum absolute atomic E-state index is 0.143. The summed E-state index contributed by atoms with van der Waals surface area (Å²) >= 11 is 0. The molecule has 0 fully saturated rings. The Morgan fingerprint density at radius 1 is 0.958 bits per heavy atom. The molecule has 0 bridgehead atoms. The summed E-state index contributed by atoms with van der Waals surface area (Å²) < 4.78 is 10.2. The second-order valence-corrected chi connectivity index (χ2v) is 5.11. The van der Waals surface area contributed by atoms with Gasteiger partial charge >= 0.3 is 0 Å². The van der Waals surface area contributed by atoms with Gasteiger partial charge in [0.25, 0.3) is 5.91 Å². The first-order valence-corrected chi connectivity index (χ1v) is 7.31. The maximum atomic E-state index is 12.6. The number of rotatable bonds is 4. The van der Waals surface area contributed by atoms with Crippen molar-refractivity contribution in [3.05, 3.63) is 59.8 Å². The first-order valence-electron chi connectivity index (χ1n) is 7.31. The van der Waals surface area contributed by atoms with Crippen LogP contribution in [0.1, 0.15) is 5.56 Å². The van der Waals surface area contributed by atoms with Crippen LogP contribution >= 0.6 is 0 Å². The molecule has 122 valence electrons. The lowest BCUT2D eigenvalue weighted by molar-refractivity contribution is -0.113. The number of carbonyl (C=O) groups is 1. The molecule has 1 aliphatic heterocycles. The fourth-order valence-corrected chi connectivity index (χ4v) is 2.37. The quantitative estimate of drug-likeness (QED) is 0.877. The maximum Gasteiger partial charge on any atom is 0.283 e. The standard InChI is InChI=1S/C18H17N3O3/c1-23-14-7-3-12(4-8-14)11-16-17(22)21(18(19)20-16)13-5-9-15(24-2)10-6-13/h3-11H,1-2H3,(H2,19,20)/b16-11-. The van der Waals surface area contributed by atoms with Gasteiger partial charge in [0, 0.05) is 0 Å². The van der Waals surface area contributed by atoms with Crippen molar-refractivity contribution >= 4 is 23.6 Å². The molecule has 0 atom stereocenters. The Morgan fingerprint density at radius 3 is 2.04 bits per heavy atom. The van der Waals surface area contributed by atoms with Crippen LogP contribution in [0.5, 0.6) is 11.5 Å². The van der Waals surface area contributed by atoms with E-state index in [1.807, 2.05) is 24.3 Å². The summed E-state index contributed by atoms with van der Waals surface area (Å²) in [6, 6.07) is 14.4. The van der Waals surface area contributed by atoms with Crippen molar-refractivity contribution < 1.29 is 14.3 Å². The third-order valence-corrected chi connectivity index (χ3v) is 3.64. The molecule has 0 unspecified atom stereocenters. The number of nitrogens with zero attached hydrogens (tertiary/aromatic N) is 2. The smallest absolute Gasteiger partial charge is 0.283 e. The fraction of sp³-hybridized carbons (Fsp3) is 0.111. The highest BCUT2D eigenvalue weighted by Crippen LogP contribution is 2.25. The third kappa shape index (κ3) is 2.94. The molecule has 0 saturated carbocycles.